The Morgan fingerprint density at radius 1 is 1.25 bits per heavy atom. The molecule has 0 unspecified atom stereocenters. The highest BCUT2D eigenvalue weighted by Crippen LogP contribution is 2.12. The Labute approximate surface area is 117 Å². The van der Waals surface area contributed by atoms with Crippen LogP contribution in [-0.2, 0) is 6.42 Å². The first-order chi connectivity index (χ1) is 9.58. The summed E-state index contributed by atoms with van der Waals surface area (Å²) in [6, 6.07) is 9.48. The minimum absolute atomic E-state index is 0.0121. The van der Waals surface area contributed by atoms with Crippen molar-refractivity contribution < 1.29 is 9.90 Å². The van der Waals surface area contributed by atoms with Crippen molar-refractivity contribution in [2.45, 2.75) is 20.3 Å². The van der Waals surface area contributed by atoms with Crippen LogP contribution in [0.4, 0.5) is 5.82 Å². The number of hydrogen-bond acceptors (Lipinski definition) is 4. The lowest BCUT2D eigenvalue weighted by atomic mass is 10.1. The predicted molar refractivity (Wildman–Crippen MR) is 77.1 cm³/mol. The lowest BCUT2D eigenvalue weighted by molar-refractivity contribution is 0.0690. The van der Waals surface area contributed by atoms with Crippen LogP contribution in [0.3, 0.4) is 0 Å². The van der Waals surface area contributed by atoms with Gasteiger partial charge in [-0.3, -0.25) is 0 Å². The third-order valence-electron chi connectivity index (χ3n) is 2.83. The molecule has 0 aliphatic heterocycles. The number of rotatable bonds is 5. The van der Waals surface area contributed by atoms with Crippen molar-refractivity contribution in [1.82, 2.24) is 9.97 Å². The maximum atomic E-state index is 11.1. The second-order valence-corrected chi connectivity index (χ2v) is 4.55. The number of hydrogen-bond donors (Lipinski definition) is 2. The van der Waals surface area contributed by atoms with E-state index in [0.29, 0.717) is 24.6 Å². The van der Waals surface area contributed by atoms with Gasteiger partial charge in [-0.05, 0) is 19.4 Å². The Morgan fingerprint density at radius 3 is 2.55 bits per heavy atom. The average Bonchev–Trinajstić information content (AvgIpc) is 2.41. The summed E-state index contributed by atoms with van der Waals surface area (Å²) in [6.45, 7) is 4.64. The monoisotopic (exact) mass is 271 g/mol. The average molecular weight is 271 g/mol. The quantitative estimate of drug-likeness (QED) is 0.874. The van der Waals surface area contributed by atoms with Gasteiger partial charge in [0.2, 0.25) is 0 Å². The number of aromatic carboxylic acids is 1. The molecule has 0 spiro atoms. The van der Waals surface area contributed by atoms with E-state index in [4.69, 9.17) is 5.11 Å². The zero-order valence-corrected chi connectivity index (χ0v) is 11.6. The number of nitrogens with zero attached hydrogens (tertiary/aromatic N) is 2. The van der Waals surface area contributed by atoms with E-state index >= 15 is 0 Å². The number of carbonyl (C=O) groups is 1. The van der Waals surface area contributed by atoms with E-state index in [1.165, 1.54) is 11.6 Å². The van der Waals surface area contributed by atoms with Crippen LogP contribution in [0.15, 0.2) is 30.3 Å². The zero-order valence-electron chi connectivity index (χ0n) is 11.6. The van der Waals surface area contributed by atoms with E-state index in [9.17, 15) is 4.79 Å². The number of nitrogens with one attached hydrogen (secondary N) is 1. The van der Waals surface area contributed by atoms with Crippen LogP contribution in [0, 0.1) is 6.92 Å². The van der Waals surface area contributed by atoms with Gasteiger partial charge in [0, 0.05) is 19.0 Å². The first-order valence-corrected chi connectivity index (χ1v) is 6.49. The highest BCUT2D eigenvalue weighted by atomic mass is 16.4. The van der Waals surface area contributed by atoms with Gasteiger partial charge in [-0.25, -0.2) is 14.8 Å². The molecule has 0 saturated heterocycles. The summed E-state index contributed by atoms with van der Waals surface area (Å²) in [5.41, 5.74) is 2.25. The van der Waals surface area contributed by atoms with Crippen molar-refractivity contribution in [3.05, 3.63) is 53.0 Å². The van der Waals surface area contributed by atoms with Gasteiger partial charge in [0.15, 0.2) is 5.69 Å². The standard InChI is InChI=1S/C15H17N3O2/c1-3-16-13-9-12(15(19)20)17-14(18-13)8-11-6-4-10(2)5-7-11/h4-7,9H,3,8H2,1-2H3,(H,19,20)(H,16,17,18). The molecule has 2 N–H and O–H groups in total. The molecule has 1 heterocycles. The third-order valence-corrected chi connectivity index (χ3v) is 2.83. The molecular weight excluding hydrogens is 254 g/mol. The molecule has 0 fully saturated rings. The molecule has 1 aromatic heterocycles. The lowest BCUT2D eigenvalue weighted by Crippen LogP contribution is -2.10. The van der Waals surface area contributed by atoms with Crippen LogP contribution in [0.2, 0.25) is 0 Å². The first kappa shape index (κ1) is 14.0. The highest BCUT2D eigenvalue weighted by Gasteiger charge is 2.10. The molecule has 1 aromatic carbocycles. The van der Waals surface area contributed by atoms with Crippen LogP contribution in [0.5, 0.6) is 0 Å². The molecule has 0 aliphatic rings. The summed E-state index contributed by atoms with van der Waals surface area (Å²) in [7, 11) is 0. The Morgan fingerprint density at radius 2 is 1.95 bits per heavy atom. The summed E-state index contributed by atoms with van der Waals surface area (Å²) in [4.78, 5) is 19.5. The van der Waals surface area contributed by atoms with Crippen molar-refractivity contribution in [2.75, 3.05) is 11.9 Å². The molecule has 0 bridgehead atoms. The van der Waals surface area contributed by atoms with Crippen LogP contribution in [0.25, 0.3) is 0 Å². The molecule has 2 rings (SSSR count). The molecule has 2 aromatic rings. The maximum absolute atomic E-state index is 11.1. The molecule has 5 nitrogen and oxygen atoms in total. The van der Waals surface area contributed by atoms with E-state index in [1.54, 1.807) is 0 Å². The van der Waals surface area contributed by atoms with Crippen LogP contribution >= 0.6 is 0 Å². The summed E-state index contributed by atoms with van der Waals surface area (Å²) in [5, 5.41) is 12.1. The van der Waals surface area contributed by atoms with Gasteiger partial charge in [0.05, 0.1) is 0 Å². The third kappa shape index (κ3) is 3.54. The number of aromatic nitrogens is 2. The SMILES string of the molecule is CCNc1cc(C(=O)O)nc(Cc2ccc(C)cc2)n1. The molecular formula is C15H17N3O2. The van der Waals surface area contributed by atoms with Gasteiger partial charge in [-0.1, -0.05) is 29.8 Å². The molecule has 104 valence electrons. The summed E-state index contributed by atoms with van der Waals surface area (Å²) >= 11 is 0. The van der Waals surface area contributed by atoms with E-state index in [1.807, 2.05) is 38.1 Å². The Balaban J connectivity index is 2.29. The van der Waals surface area contributed by atoms with E-state index in [2.05, 4.69) is 15.3 Å². The normalized spacial score (nSPS) is 10.3. The number of carboxylic acid groups (broad SMARTS) is 1. The lowest BCUT2D eigenvalue weighted by Gasteiger charge is -2.07. The molecule has 5 heteroatoms. The van der Waals surface area contributed by atoms with E-state index < -0.39 is 5.97 Å². The van der Waals surface area contributed by atoms with E-state index in [-0.39, 0.29) is 5.69 Å². The second kappa shape index (κ2) is 6.14. The first-order valence-electron chi connectivity index (χ1n) is 6.49. The number of benzene rings is 1. The molecule has 0 atom stereocenters. The number of carboxylic acids is 1. The summed E-state index contributed by atoms with van der Waals surface area (Å²) in [5.74, 6) is 0.00317. The predicted octanol–water partition coefficient (Wildman–Crippen LogP) is 2.51. The van der Waals surface area contributed by atoms with Gasteiger partial charge in [-0.15, -0.1) is 0 Å². The fourth-order valence-corrected chi connectivity index (χ4v) is 1.85. The van der Waals surface area contributed by atoms with Gasteiger partial charge in [-0.2, -0.15) is 0 Å². The number of aryl methyl sites for hydroxylation is 1. The van der Waals surface area contributed by atoms with Crippen LogP contribution in [-0.4, -0.2) is 27.6 Å². The van der Waals surface area contributed by atoms with Crippen molar-refractivity contribution in [1.29, 1.82) is 0 Å². The molecule has 20 heavy (non-hydrogen) atoms. The smallest absolute Gasteiger partial charge is 0.354 e. The van der Waals surface area contributed by atoms with Crippen LogP contribution in [0.1, 0.15) is 34.4 Å². The van der Waals surface area contributed by atoms with Gasteiger partial charge >= 0.3 is 5.97 Å². The van der Waals surface area contributed by atoms with Crippen molar-refractivity contribution >= 4 is 11.8 Å². The Kier molecular flexibility index (Phi) is 4.30. The van der Waals surface area contributed by atoms with Gasteiger partial charge in [0.25, 0.3) is 0 Å². The Bertz CT molecular complexity index is 609. The highest BCUT2D eigenvalue weighted by molar-refractivity contribution is 5.86. The molecule has 0 saturated carbocycles. The van der Waals surface area contributed by atoms with Crippen LogP contribution < -0.4 is 5.32 Å². The zero-order chi connectivity index (χ0) is 14.5. The number of anilines is 1. The van der Waals surface area contributed by atoms with E-state index in [0.717, 1.165) is 5.56 Å². The van der Waals surface area contributed by atoms with Gasteiger partial charge in [0.1, 0.15) is 11.6 Å². The fraction of sp³-hybridized carbons (Fsp3) is 0.267. The summed E-state index contributed by atoms with van der Waals surface area (Å²) in [6.07, 6.45) is 0.514. The van der Waals surface area contributed by atoms with Crippen molar-refractivity contribution in [2.24, 2.45) is 0 Å². The topological polar surface area (TPSA) is 75.1 Å². The maximum Gasteiger partial charge on any atom is 0.354 e. The minimum atomic E-state index is -1.04. The minimum Gasteiger partial charge on any atom is -0.477 e. The molecule has 0 radical (unpaired) electrons. The molecule has 0 amide bonds. The summed E-state index contributed by atoms with van der Waals surface area (Å²) < 4.78 is 0. The second-order valence-electron chi connectivity index (χ2n) is 4.55. The van der Waals surface area contributed by atoms with Gasteiger partial charge < -0.3 is 10.4 Å². The Hall–Kier alpha value is -2.43. The largest absolute Gasteiger partial charge is 0.477 e. The van der Waals surface area contributed by atoms with Crippen molar-refractivity contribution in [3.63, 3.8) is 0 Å². The fourth-order valence-electron chi connectivity index (χ4n) is 1.85. The molecule has 0 aliphatic carbocycles. The van der Waals surface area contributed by atoms with Crippen molar-refractivity contribution in [3.8, 4) is 0 Å².